The molecule has 1 unspecified atom stereocenters. The van der Waals surface area contributed by atoms with Crippen LogP contribution in [-0.2, 0) is 15.1 Å². The van der Waals surface area contributed by atoms with E-state index in [0.717, 1.165) is 25.9 Å². The zero-order chi connectivity index (χ0) is 15.5. The maximum Gasteiger partial charge on any atom is 0.308 e. The van der Waals surface area contributed by atoms with E-state index in [0.29, 0.717) is 16.6 Å². The van der Waals surface area contributed by atoms with E-state index in [2.05, 4.69) is 20.8 Å². The van der Waals surface area contributed by atoms with Crippen molar-refractivity contribution in [2.24, 2.45) is 0 Å². The molecule has 1 fully saturated rings. The van der Waals surface area contributed by atoms with Crippen LogP contribution in [0.5, 0.6) is 0 Å². The molecular weight excluding hydrogens is 337 g/mol. The fourth-order valence-electron chi connectivity index (χ4n) is 3.01. The number of rotatable bonds is 5. The van der Waals surface area contributed by atoms with E-state index < -0.39 is 5.54 Å². The van der Waals surface area contributed by atoms with Gasteiger partial charge in [0, 0.05) is 10.0 Å². The molecule has 21 heavy (non-hydrogen) atoms. The van der Waals surface area contributed by atoms with Crippen LogP contribution in [0.4, 0.5) is 4.39 Å². The van der Waals surface area contributed by atoms with Gasteiger partial charge in [-0.3, -0.25) is 9.69 Å². The summed E-state index contributed by atoms with van der Waals surface area (Å²) in [6.45, 7) is 5.82. The van der Waals surface area contributed by atoms with Crippen LogP contribution in [0.1, 0.15) is 38.7 Å². The Kier molecular flexibility index (Phi) is 5.38. The number of likely N-dealkylation sites (tertiary alicyclic amines) is 1. The number of hydrogen-bond acceptors (Lipinski definition) is 3. The molecule has 1 saturated heterocycles. The van der Waals surface area contributed by atoms with Gasteiger partial charge >= 0.3 is 5.97 Å². The van der Waals surface area contributed by atoms with Crippen LogP contribution >= 0.6 is 15.9 Å². The smallest absolute Gasteiger partial charge is 0.308 e. The molecule has 1 aromatic carbocycles. The summed E-state index contributed by atoms with van der Waals surface area (Å²) < 4.78 is 20.2. The summed E-state index contributed by atoms with van der Waals surface area (Å²) in [6, 6.07) is 5.03. The lowest BCUT2D eigenvalue weighted by Gasteiger charge is -2.39. The highest BCUT2D eigenvalue weighted by Gasteiger charge is 2.39. The summed E-state index contributed by atoms with van der Waals surface area (Å²) in [5.74, 6) is -0.572. The molecule has 0 radical (unpaired) electrons. The zero-order valence-corrected chi connectivity index (χ0v) is 14.1. The van der Waals surface area contributed by atoms with Crippen LogP contribution in [0.15, 0.2) is 22.7 Å². The van der Waals surface area contributed by atoms with Crippen LogP contribution in [0, 0.1) is 5.82 Å². The minimum atomic E-state index is -0.659. The minimum absolute atomic E-state index is 0.166. The van der Waals surface area contributed by atoms with Gasteiger partial charge in [-0.05, 0) is 51.9 Å². The van der Waals surface area contributed by atoms with Crippen LogP contribution in [0.25, 0.3) is 0 Å². The second kappa shape index (κ2) is 6.88. The average Bonchev–Trinajstić information content (AvgIpc) is 2.92. The van der Waals surface area contributed by atoms with Gasteiger partial charge in [0.05, 0.1) is 18.6 Å². The Morgan fingerprint density at radius 1 is 1.43 bits per heavy atom. The largest absolute Gasteiger partial charge is 0.466 e. The lowest BCUT2D eigenvalue weighted by Crippen LogP contribution is -2.44. The maximum atomic E-state index is 14.4. The highest BCUT2D eigenvalue weighted by molar-refractivity contribution is 9.10. The number of carbonyl (C=O) groups excluding carboxylic acids is 1. The van der Waals surface area contributed by atoms with Gasteiger partial charge in [-0.2, -0.15) is 0 Å². The highest BCUT2D eigenvalue weighted by atomic mass is 79.9. The average molecular weight is 358 g/mol. The summed E-state index contributed by atoms with van der Waals surface area (Å²) >= 11 is 3.28. The predicted molar refractivity (Wildman–Crippen MR) is 83.5 cm³/mol. The van der Waals surface area contributed by atoms with E-state index >= 15 is 0 Å². The normalized spacial score (nSPS) is 18.5. The summed E-state index contributed by atoms with van der Waals surface area (Å²) in [7, 11) is 0. The monoisotopic (exact) mass is 357 g/mol. The van der Waals surface area contributed by atoms with E-state index in [-0.39, 0.29) is 18.2 Å². The van der Waals surface area contributed by atoms with Crippen molar-refractivity contribution < 1.29 is 13.9 Å². The Bertz CT molecular complexity index is 517. The van der Waals surface area contributed by atoms with Crippen LogP contribution in [-0.4, -0.2) is 30.6 Å². The Morgan fingerprint density at radius 2 is 2.10 bits per heavy atom. The molecule has 0 spiro atoms. The van der Waals surface area contributed by atoms with E-state index in [1.807, 2.05) is 13.0 Å². The molecule has 2 rings (SSSR count). The van der Waals surface area contributed by atoms with Gasteiger partial charge in [-0.1, -0.05) is 22.0 Å². The molecule has 1 aliphatic heterocycles. The molecule has 3 nitrogen and oxygen atoms in total. The quantitative estimate of drug-likeness (QED) is 0.749. The van der Waals surface area contributed by atoms with Crippen LogP contribution in [0.3, 0.4) is 0 Å². The van der Waals surface area contributed by atoms with Gasteiger partial charge in [-0.15, -0.1) is 0 Å². The number of nitrogens with zero attached hydrogens (tertiary/aromatic N) is 1. The van der Waals surface area contributed by atoms with Crippen molar-refractivity contribution in [1.29, 1.82) is 0 Å². The van der Waals surface area contributed by atoms with Crippen molar-refractivity contribution in [3.63, 3.8) is 0 Å². The third-order valence-electron chi connectivity index (χ3n) is 4.11. The van der Waals surface area contributed by atoms with Crippen molar-refractivity contribution in [2.75, 3.05) is 19.7 Å². The standard InChI is InChI=1S/C16H21BrFNO2/c1-3-21-15(20)11-16(2,19-8-4-5-9-19)13-7-6-12(17)10-14(13)18/h6-7,10H,3-5,8-9,11H2,1-2H3. The lowest BCUT2D eigenvalue weighted by molar-refractivity contribution is -0.146. The summed E-state index contributed by atoms with van der Waals surface area (Å²) in [5.41, 5.74) is -0.103. The number of carbonyl (C=O) groups is 1. The van der Waals surface area contributed by atoms with Crippen LogP contribution < -0.4 is 0 Å². The molecule has 0 amide bonds. The Labute approximate surface area is 133 Å². The summed E-state index contributed by atoms with van der Waals surface area (Å²) in [6.07, 6.45) is 2.33. The predicted octanol–water partition coefficient (Wildman–Crippen LogP) is 3.85. The Morgan fingerprint density at radius 3 is 2.67 bits per heavy atom. The van der Waals surface area contributed by atoms with Crippen molar-refractivity contribution in [3.05, 3.63) is 34.1 Å². The minimum Gasteiger partial charge on any atom is -0.466 e. The maximum absolute atomic E-state index is 14.4. The Hall–Kier alpha value is -0.940. The first kappa shape index (κ1) is 16.4. The number of ether oxygens (including phenoxy) is 1. The first-order valence-electron chi connectivity index (χ1n) is 7.33. The van der Waals surface area contributed by atoms with E-state index in [4.69, 9.17) is 4.74 Å². The third-order valence-corrected chi connectivity index (χ3v) is 4.60. The Balaban J connectivity index is 2.36. The third kappa shape index (κ3) is 3.64. The molecule has 0 aromatic heterocycles. The molecule has 1 heterocycles. The fraction of sp³-hybridized carbons (Fsp3) is 0.562. The summed E-state index contributed by atoms with van der Waals surface area (Å²) in [5, 5.41) is 0. The van der Waals surface area contributed by atoms with Crippen molar-refractivity contribution >= 4 is 21.9 Å². The molecule has 0 saturated carbocycles. The molecule has 0 N–H and O–H groups in total. The van der Waals surface area contributed by atoms with E-state index in [9.17, 15) is 9.18 Å². The molecular formula is C16H21BrFNO2. The van der Waals surface area contributed by atoms with Gasteiger partial charge in [0.1, 0.15) is 5.82 Å². The van der Waals surface area contributed by atoms with Gasteiger partial charge in [0.15, 0.2) is 0 Å². The van der Waals surface area contributed by atoms with Crippen LogP contribution in [0.2, 0.25) is 0 Å². The molecule has 1 aliphatic rings. The highest BCUT2D eigenvalue weighted by Crippen LogP contribution is 2.37. The molecule has 5 heteroatoms. The molecule has 0 aliphatic carbocycles. The number of halogens is 2. The number of esters is 1. The summed E-state index contributed by atoms with van der Waals surface area (Å²) in [4.78, 5) is 14.2. The molecule has 0 bridgehead atoms. The first-order chi connectivity index (χ1) is 9.97. The first-order valence-corrected chi connectivity index (χ1v) is 8.13. The van der Waals surface area contributed by atoms with Gasteiger partial charge in [0.25, 0.3) is 0 Å². The molecule has 1 aromatic rings. The van der Waals surface area contributed by atoms with Gasteiger partial charge in [-0.25, -0.2) is 4.39 Å². The second-order valence-corrected chi connectivity index (χ2v) is 6.49. The zero-order valence-electron chi connectivity index (χ0n) is 12.5. The van der Waals surface area contributed by atoms with Crippen molar-refractivity contribution in [2.45, 2.75) is 38.6 Å². The fourth-order valence-corrected chi connectivity index (χ4v) is 3.34. The number of hydrogen-bond donors (Lipinski definition) is 0. The van der Waals surface area contributed by atoms with E-state index in [1.165, 1.54) is 6.07 Å². The molecule has 1 atom stereocenters. The van der Waals surface area contributed by atoms with Gasteiger partial charge < -0.3 is 4.74 Å². The molecule has 116 valence electrons. The number of benzene rings is 1. The SMILES string of the molecule is CCOC(=O)CC(C)(c1ccc(Br)cc1F)N1CCCC1. The van der Waals surface area contributed by atoms with E-state index in [1.54, 1.807) is 13.0 Å². The second-order valence-electron chi connectivity index (χ2n) is 5.57. The van der Waals surface area contributed by atoms with Crippen molar-refractivity contribution in [3.8, 4) is 0 Å². The lowest BCUT2D eigenvalue weighted by atomic mass is 9.86. The van der Waals surface area contributed by atoms with Crippen molar-refractivity contribution in [1.82, 2.24) is 4.90 Å². The van der Waals surface area contributed by atoms with Gasteiger partial charge in [0.2, 0.25) is 0 Å². The topological polar surface area (TPSA) is 29.5 Å².